The molecule has 0 atom stereocenters. The van der Waals surface area contributed by atoms with Crippen LogP contribution >= 0.6 is 0 Å². The Labute approximate surface area is 132 Å². The molecule has 4 heteroatoms. The Morgan fingerprint density at radius 2 is 2.00 bits per heavy atom. The predicted molar refractivity (Wildman–Crippen MR) is 84.5 cm³/mol. The SMILES string of the molecule is C#CCCOc1ccc(CN2CCCC3(C2)OCCO3)cc1. The molecule has 0 aromatic heterocycles. The van der Waals surface area contributed by atoms with Gasteiger partial charge in [-0.25, -0.2) is 0 Å². The van der Waals surface area contributed by atoms with Gasteiger partial charge < -0.3 is 14.2 Å². The van der Waals surface area contributed by atoms with Gasteiger partial charge in [0.1, 0.15) is 5.75 Å². The number of piperidine rings is 1. The summed E-state index contributed by atoms with van der Waals surface area (Å²) in [5.74, 6) is 3.09. The summed E-state index contributed by atoms with van der Waals surface area (Å²) < 4.78 is 17.2. The average molecular weight is 301 g/mol. The van der Waals surface area contributed by atoms with Crippen molar-refractivity contribution in [3.63, 3.8) is 0 Å². The summed E-state index contributed by atoms with van der Waals surface area (Å²) in [6.07, 6.45) is 7.97. The van der Waals surface area contributed by atoms with Crippen LogP contribution in [0, 0.1) is 12.3 Å². The van der Waals surface area contributed by atoms with Gasteiger partial charge in [0.15, 0.2) is 5.79 Å². The highest BCUT2D eigenvalue weighted by Gasteiger charge is 2.40. The molecule has 0 amide bonds. The zero-order valence-corrected chi connectivity index (χ0v) is 12.9. The first-order valence-electron chi connectivity index (χ1n) is 7.95. The van der Waals surface area contributed by atoms with Gasteiger partial charge in [-0.2, -0.15) is 0 Å². The second-order valence-electron chi connectivity index (χ2n) is 5.87. The van der Waals surface area contributed by atoms with Crippen molar-refractivity contribution in [1.82, 2.24) is 4.90 Å². The van der Waals surface area contributed by atoms with E-state index in [1.165, 1.54) is 5.56 Å². The molecule has 0 radical (unpaired) electrons. The van der Waals surface area contributed by atoms with E-state index in [9.17, 15) is 0 Å². The Morgan fingerprint density at radius 1 is 1.23 bits per heavy atom. The van der Waals surface area contributed by atoms with Crippen LogP contribution in [0.2, 0.25) is 0 Å². The Hall–Kier alpha value is -1.54. The van der Waals surface area contributed by atoms with Crippen LogP contribution in [0.4, 0.5) is 0 Å². The normalized spacial score (nSPS) is 20.9. The lowest BCUT2D eigenvalue weighted by atomic mass is 10.0. The zero-order valence-electron chi connectivity index (χ0n) is 12.9. The lowest BCUT2D eigenvalue weighted by Gasteiger charge is -2.38. The van der Waals surface area contributed by atoms with Gasteiger partial charge in [0.2, 0.25) is 0 Å². The molecule has 1 aromatic carbocycles. The van der Waals surface area contributed by atoms with Crippen molar-refractivity contribution in [3.05, 3.63) is 29.8 Å². The standard InChI is InChI=1S/C18H23NO3/c1-2-3-11-20-17-7-5-16(6-8-17)14-19-10-4-9-18(15-19)21-12-13-22-18/h1,5-8H,3-4,9-15H2. The fourth-order valence-corrected chi connectivity index (χ4v) is 3.12. The van der Waals surface area contributed by atoms with E-state index in [0.717, 1.165) is 51.4 Å². The Balaban J connectivity index is 1.53. The highest BCUT2D eigenvalue weighted by atomic mass is 16.7. The van der Waals surface area contributed by atoms with Gasteiger partial charge in [-0.3, -0.25) is 4.90 Å². The quantitative estimate of drug-likeness (QED) is 0.617. The first kappa shape index (κ1) is 15.4. The fourth-order valence-electron chi connectivity index (χ4n) is 3.12. The molecule has 0 N–H and O–H groups in total. The highest BCUT2D eigenvalue weighted by molar-refractivity contribution is 5.27. The third kappa shape index (κ3) is 3.80. The molecule has 3 rings (SSSR count). The number of ether oxygens (including phenoxy) is 3. The monoisotopic (exact) mass is 301 g/mol. The molecule has 22 heavy (non-hydrogen) atoms. The van der Waals surface area contributed by atoms with Gasteiger partial charge in [0.25, 0.3) is 0 Å². The van der Waals surface area contributed by atoms with E-state index in [-0.39, 0.29) is 5.79 Å². The van der Waals surface area contributed by atoms with Crippen molar-refractivity contribution >= 4 is 0 Å². The first-order valence-corrected chi connectivity index (χ1v) is 7.95. The maximum absolute atomic E-state index is 5.82. The summed E-state index contributed by atoms with van der Waals surface area (Å²) in [4.78, 5) is 2.41. The molecule has 1 spiro atoms. The summed E-state index contributed by atoms with van der Waals surface area (Å²) >= 11 is 0. The van der Waals surface area contributed by atoms with Crippen molar-refractivity contribution in [1.29, 1.82) is 0 Å². The van der Waals surface area contributed by atoms with E-state index in [0.29, 0.717) is 13.0 Å². The first-order chi connectivity index (χ1) is 10.8. The van der Waals surface area contributed by atoms with Gasteiger partial charge in [0, 0.05) is 19.4 Å². The van der Waals surface area contributed by atoms with Crippen LogP contribution in [0.1, 0.15) is 24.8 Å². The Bertz CT molecular complexity index is 514. The Kier molecular flexibility index (Phi) is 4.99. The molecule has 0 unspecified atom stereocenters. The van der Waals surface area contributed by atoms with Crippen LogP contribution in [0.15, 0.2) is 24.3 Å². The lowest BCUT2D eigenvalue weighted by molar-refractivity contribution is -0.190. The Morgan fingerprint density at radius 3 is 2.73 bits per heavy atom. The molecule has 118 valence electrons. The molecular weight excluding hydrogens is 278 g/mol. The van der Waals surface area contributed by atoms with E-state index >= 15 is 0 Å². The van der Waals surface area contributed by atoms with Crippen molar-refractivity contribution < 1.29 is 14.2 Å². The topological polar surface area (TPSA) is 30.9 Å². The average Bonchev–Trinajstić information content (AvgIpc) is 2.97. The molecule has 0 saturated carbocycles. The third-order valence-corrected chi connectivity index (χ3v) is 4.15. The summed E-state index contributed by atoms with van der Waals surface area (Å²) in [5.41, 5.74) is 1.28. The minimum Gasteiger partial charge on any atom is -0.493 e. The molecule has 2 aliphatic heterocycles. The number of hydrogen-bond acceptors (Lipinski definition) is 4. The fraction of sp³-hybridized carbons (Fsp3) is 0.556. The van der Waals surface area contributed by atoms with Crippen LogP contribution in [0.3, 0.4) is 0 Å². The maximum atomic E-state index is 5.82. The van der Waals surface area contributed by atoms with Crippen LogP contribution < -0.4 is 4.74 Å². The van der Waals surface area contributed by atoms with Crippen molar-refractivity contribution in [3.8, 4) is 18.1 Å². The third-order valence-electron chi connectivity index (χ3n) is 4.15. The second kappa shape index (κ2) is 7.15. The smallest absolute Gasteiger partial charge is 0.181 e. The van der Waals surface area contributed by atoms with Crippen molar-refractivity contribution in [2.45, 2.75) is 31.6 Å². The molecule has 2 heterocycles. The van der Waals surface area contributed by atoms with Crippen LogP contribution in [0.25, 0.3) is 0 Å². The number of rotatable bonds is 5. The van der Waals surface area contributed by atoms with Gasteiger partial charge in [-0.15, -0.1) is 12.3 Å². The maximum Gasteiger partial charge on any atom is 0.181 e. The zero-order chi connectivity index (χ0) is 15.3. The number of likely N-dealkylation sites (tertiary alicyclic amines) is 1. The largest absolute Gasteiger partial charge is 0.493 e. The lowest BCUT2D eigenvalue weighted by Crippen LogP contribution is -2.48. The predicted octanol–water partition coefficient (Wildman–Crippen LogP) is 2.43. The number of nitrogens with zero attached hydrogens (tertiary/aromatic N) is 1. The van der Waals surface area contributed by atoms with E-state index in [4.69, 9.17) is 20.6 Å². The number of hydrogen-bond donors (Lipinski definition) is 0. The molecule has 2 saturated heterocycles. The van der Waals surface area contributed by atoms with Crippen molar-refractivity contribution in [2.24, 2.45) is 0 Å². The van der Waals surface area contributed by atoms with E-state index in [2.05, 4.69) is 23.0 Å². The van der Waals surface area contributed by atoms with E-state index in [1.807, 2.05) is 12.1 Å². The second-order valence-corrected chi connectivity index (χ2v) is 5.87. The van der Waals surface area contributed by atoms with Gasteiger partial charge in [-0.1, -0.05) is 12.1 Å². The van der Waals surface area contributed by atoms with Gasteiger partial charge >= 0.3 is 0 Å². The molecular formula is C18H23NO3. The molecule has 0 aliphatic carbocycles. The van der Waals surface area contributed by atoms with Crippen LogP contribution in [0.5, 0.6) is 5.75 Å². The summed E-state index contributed by atoms with van der Waals surface area (Å²) in [6.45, 7) is 4.87. The molecule has 4 nitrogen and oxygen atoms in total. The van der Waals surface area contributed by atoms with Crippen LogP contribution in [-0.2, 0) is 16.0 Å². The van der Waals surface area contributed by atoms with E-state index in [1.54, 1.807) is 0 Å². The molecule has 1 aromatic rings. The molecule has 0 bridgehead atoms. The summed E-state index contributed by atoms with van der Waals surface area (Å²) in [7, 11) is 0. The van der Waals surface area contributed by atoms with Gasteiger partial charge in [0.05, 0.1) is 26.4 Å². The van der Waals surface area contributed by atoms with Crippen LogP contribution in [-0.4, -0.2) is 43.6 Å². The summed E-state index contributed by atoms with van der Waals surface area (Å²) in [5, 5.41) is 0. The minimum atomic E-state index is -0.351. The number of terminal acetylenes is 1. The summed E-state index contributed by atoms with van der Waals surface area (Å²) in [6, 6.07) is 8.24. The molecule has 2 fully saturated rings. The molecule has 2 aliphatic rings. The highest BCUT2D eigenvalue weighted by Crippen LogP contribution is 2.30. The van der Waals surface area contributed by atoms with Gasteiger partial charge in [-0.05, 0) is 30.7 Å². The van der Waals surface area contributed by atoms with E-state index < -0.39 is 0 Å². The van der Waals surface area contributed by atoms with Crippen molar-refractivity contribution in [2.75, 3.05) is 32.9 Å². The minimum absolute atomic E-state index is 0.351. The number of benzene rings is 1.